The number of rotatable bonds is 6. The van der Waals surface area contributed by atoms with Crippen molar-refractivity contribution in [3.63, 3.8) is 0 Å². The number of carbonyl (C=O) groups excluding carboxylic acids is 2. The number of aromatic nitrogens is 3. The summed E-state index contributed by atoms with van der Waals surface area (Å²) in [5.74, 6) is 0.120. The SMILES string of the molecule is CCOC(=O)C(Sc1n[nH]c(C(C)C)n1)C(C)=O.Cl. The largest absolute Gasteiger partial charge is 0.465 e. The van der Waals surface area contributed by atoms with Crippen LogP contribution in [0.3, 0.4) is 0 Å². The van der Waals surface area contributed by atoms with Crippen LogP contribution in [0.15, 0.2) is 5.16 Å². The summed E-state index contributed by atoms with van der Waals surface area (Å²) >= 11 is 1.01. The lowest BCUT2D eigenvalue weighted by Crippen LogP contribution is -2.27. The molecule has 1 heterocycles. The minimum atomic E-state index is -0.902. The average Bonchev–Trinajstić information content (AvgIpc) is 2.74. The highest BCUT2D eigenvalue weighted by Gasteiger charge is 2.27. The monoisotopic (exact) mass is 307 g/mol. The molecular formula is C11H18ClN3O3S. The summed E-state index contributed by atoms with van der Waals surface area (Å²) in [5.41, 5.74) is 0. The van der Waals surface area contributed by atoms with Gasteiger partial charge in [-0.1, -0.05) is 25.6 Å². The van der Waals surface area contributed by atoms with Gasteiger partial charge in [0.25, 0.3) is 0 Å². The second kappa shape index (κ2) is 8.16. The van der Waals surface area contributed by atoms with Crippen LogP contribution in [0.4, 0.5) is 0 Å². The number of H-pyrrole nitrogens is 1. The van der Waals surface area contributed by atoms with E-state index >= 15 is 0 Å². The normalized spacial score (nSPS) is 11.8. The van der Waals surface area contributed by atoms with Crippen molar-refractivity contribution in [1.29, 1.82) is 0 Å². The zero-order valence-electron chi connectivity index (χ0n) is 11.3. The fraction of sp³-hybridized carbons (Fsp3) is 0.636. The lowest BCUT2D eigenvalue weighted by molar-refractivity contribution is -0.144. The van der Waals surface area contributed by atoms with Crippen LogP contribution in [0.25, 0.3) is 0 Å². The first-order chi connectivity index (χ1) is 8.45. The maximum Gasteiger partial charge on any atom is 0.327 e. The van der Waals surface area contributed by atoms with Gasteiger partial charge in [-0.15, -0.1) is 17.5 Å². The number of thioether (sulfide) groups is 1. The van der Waals surface area contributed by atoms with Crippen LogP contribution in [0.1, 0.15) is 39.4 Å². The summed E-state index contributed by atoms with van der Waals surface area (Å²) in [6.07, 6.45) is 0. The van der Waals surface area contributed by atoms with Crippen LogP contribution < -0.4 is 0 Å². The van der Waals surface area contributed by atoms with E-state index in [4.69, 9.17) is 4.74 Å². The number of hydrogen-bond acceptors (Lipinski definition) is 6. The Morgan fingerprint density at radius 2 is 2.05 bits per heavy atom. The highest BCUT2D eigenvalue weighted by atomic mass is 35.5. The Balaban J connectivity index is 0.00000324. The molecule has 1 atom stereocenters. The van der Waals surface area contributed by atoms with Crippen molar-refractivity contribution >= 4 is 35.9 Å². The molecule has 1 N–H and O–H groups in total. The minimum Gasteiger partial charge on any atom is -0.465 e. The van der Waals surface area contributed by atoms with Crippen LogP contribution in [0, 0.1) is 0 Å². The second-order valence-corrected chi connectivity index (χ2v) is 5.09. The number of halogens is 1. The van der Waals surface area contributed by atoms with E-state index in [-0.39, 0.29) is 30.7 Å². The molecule has 1 aromatic heterocycles. The summed E-state index contributed by atoms with van der Waals surface area (Å²) in [5, 5.41) is 6.22. The van der Waals surface area contributed by atoms with Gasteiger partial charge in [0, 0.05) is 5.92 Å². The fourth-order valence-electron chi connectivity index (χ4n) is 1.19. The molecule has 0 aromatic carbocycles. The van der Waals surface area contributed by atoms with Gasteiger partial charge in [-0.05, 0) is 13.8 Å². The lowest BCUT2D eigenvalue weighted by atomic mass is 10.2. The molecule has 0 amide bonds. The Hall–Kier alpha value is -1.08. The van der Waals surface area contributed by atoms with Crippen molar-refractivity contribution < 1.29 is 14.3 Å². The summed E-state index contributed by atoms with van der Waals surface area (Å²) in [6, 6.07) is 0. The van der Waals surface area contributed by atoms with Crippen LogP contribution in [0.5, 0.6) is 0 Å². The van der Waals surface area contributed by atoms with Crippen molar-refractivity contribution in [2.45, 2.75) is 44.0 Å². The van der Waals surface area contributed by atoms with Gasteiger partial charge in [0.2, 0.25) is 5.16 Å². The number of nitrogens with zero attached hydrogens (tertiary/aromatic N) is 2. The van der Waals surface area contributed by atoms with E-state index in [2.05, 4.69) is 15.2 Å². The molecule has 108 valence electrons. The van der Waals surface area contributed by atoms with E-state index < -0.39 is 11.2 Å². The predicted molar refractivity (Wildman–Crippen MR) is 74.7 cm³/mol. The Bertz CT molecular complexity index is 437. The van der Waals surface area contributed by atoms with Crippen LogP contribution >= 0.6 is 24.2 Å². The molecule has 0 saturated heterocycles. The average molecular weight is 308 g/mol. The molecule has 0 aliphatic heterocycles. The first-order valence-electron chi connectivity index (χ1n) is 5.71. The third-order valence-corrected chi connectivity index (χ3v) is 3.28. The van der Waals surface area contributed by atoms with Gasteiger partial charge in [0.05, 0.1) is 6.61 Å². The van der Waals surface area contributed by atoms with Crippen molar-refractivity contribution in [1.82, 2.24) is 15.2 Å². The van der Waals surface area contributed by atoms with Crippen molar-refractivity contribution in [2.75, 3.05) is 6.61 Å². The Labute approximate surface area is 122 Å². The molecule has 1 aromatic rings. The van der Waals surface area contributed by atoms with Gasteiger partial charge in [0.15, 0.2) is 11.0 Å². The number of nitrogens with one attached hydrogen (secondary N) is 1. The molecule has 0 saturated carbocycles. The minimum absolute atomic E-state index is 0. The van der Waals surface area contributed by atoms with Crippen molar-refractivity contribution in [3.8, 4) is 0 Å². The van der Waals surface area contributed by atoms with Gasteiger partial charge in [-0.25, -0.2) is 4.98 Å². The highest BCUT2D eigenvalue weighted by Crippen LogP contribution is 2.22. The van der Waals surface area contributed by atoms with Gasteiger partial charge >= 0.3 is 5.97 Å². The molecule has 19 heavy (non-hydrogen) atoms. The number of ketones is 1. The van der Waals surface area contributed by atoms with E-state index in [1.165, 1.54) is 6.92 Å². The van der Waals surface area contributed by atoms with Gasteiger partial charge in [-0.2, -0.15) is 0 Å². The third kappa shape index (κ3) is 5.20. The molecule has 0 fully saturated rings. The molecule has 0 bridgehead atoms. The molecular weight excluding hydrogens is 290 g/mol. The first kappa shape index (κ1) is 17.9. The van der Waals surface area contributed by atoms with E-state index in [9.17, 15) is 9.59 Å². The number of carbonyl (C=O) groups is 2. The number of Topliss-reactive ketones (excluding diaryl/α,β-unsaturated/α-hetero) is 1. The maximum atomic E-state index is 11.6. The smallest absolute Gasteiger partial charge is 0.327 e. The molecule has 0 aliphatic rings. The van der Waals surface area contributed by atoms with Crippen molar-refractivity contribution in [2.24, 2.45) is 0 Å². The Morgan fingerprint density at radius 3 is 2.47 bits per heavy atom. The summed E-state index contributed by atoms with van der Waals surface area (Å²) in [7, 11) is 0. The zero-order chi connectivity index (χ0) is 13.7. The lowest BCUT2D eigenvalue weighted by Gasteiger charge is -2.09. The van der Waals surface area contributed by atoms with E-state index in [1.54, 1.807) is 6.92 Å². The van der Waals surface area contributed by atoms with Crippen molar-refractivity contribution in [3.05, 3.63) is 5.82 Å². The van der Waals surface area contributed by atoms with Crippen LogP contribution in [-0.2, 0) is 14.3 Å². The summed E-state index contributed by atoms with van der Waals surface area (Å²) in [6.45, 7) is 7.24. The molecule has 0 aliphatic carbocycles. The molecule has 6 nitrogen and oxygen atoms in total. The summed E-state index contributed by atoms with van der Waals surface area (Å²) < 4.78 is 4.85. The third-order valence-electron chi connectivity index (χ3n) is 2.12. The second-order valence-electron chi connectivity index (χ2n) is 4.02. The van der Waals surface area contributed by atoms with E-state index in [0.717, 1.165) is 17.6 Å². The molecule has 1 rings (SSSR count). The first-order valence-corrected chi connectivity index (χ1v) is 6.59. The Morgan fingerprint density at radius 1 is 1.42 bits per heavy atom. The highest BCUT2D eigenvalue weighted by molar-refractivity contribution is 8.01. The summed E-state index contributed by atoms with van der Waals surface area (Å²) in [4.78, 5) is 27.2. The molecule has 0 radical (unpaired) electrons. The van der Waals surface area contributed by atoms with Gasteiger partial charge in [0.1, 0.15) is 5.82 Å². The molecule has 1 unspecified atom stereocenters. The van der Waals surface area contributed by atoms with Gasteiger partial charge in [-0.3, -0.25) is 14.7 Å². The van der Waals surface area contributed by atoms with Gasteiger partial charge < -0.3 is 4.74 Å². The maximum absolute atomic E-state index is 11.6. The number of aromatic amines is 1. The Kier molecular flexibility index (Phi) is 7.70. The fourth-order valence-corrected chi connectivity index (χ4v) is 1.98. The zero-order valence-corrected chi connectivity index (χ0v) is 12.9. The van der Waals surface area contributed by atoms with E-state index in [0.29, 0.717) is 5.16 Å². The van der Waals surface area contributed by atoms with Crippen LogP contribution in [-0.4, -0.2) is 38.8 Å². The molecule has 8 heteroatoms. The van der Waals surface area contributed by atoms with Crippen LogP contribution in [0.2, 0.25) is 0 Å². The number of esters is 1. The topological polar surface area (TPSA) is 84.9 Å². The standard InChI is InChI=1S/C11H17N3O3S.ClH/c1-5-17-10(16)8(7(4)15)18-11-12-9(6(2)3)13-14-11;/h6,8H,5H2,1-4H3,(H,12,13,14);1H. The predicted octanol–water partition coefficient (Wildman–Crippen LogP) is 1.96. The number of hydrogen-bond donors (Lipinski definition) is 1. The van der Waals surface area contributed by atoms with E-state index in [1.807, 2.05) is 13.8 Å². The quantitative estimate of drug-likeness (QED) is 0.491. The number of ether oxygens (including phenoxy) is 1. The molecule has 0 spiro atoms.